The Balaban J connectivity index is 1.23. The Morgan fingerprint density at radius 3 is 2.28 bits per heavy atom. The largest absolute Gasteiger partial charge is 0.354 e. The smallest absolute Gasteiger partial charge is 0.227 e. The van der Waals surface area contributed by atoms with Crippen molar-refractivity contribution in [2.75, 3.05) is 74.1 Å². The Kier molecular flexibility index (Phi) is 5.18. The molecule has 0 atom stereocenters. The van der Waals surface area contributed by atoms with Gasteiger partial charge in [0.15, 0.2) is 5.82 Å². The monoisotopic (exact) mass is 394 g/mol. The van der Waals surface area contributed by atoms with Gasteiger partial charge in [0.05, 0.1) is 5.69 Å². The van der Waals surface area contributed by atoms with Gasteiger partial charge in [0.25, 0.3) is 0 Å². The number of piperazine rings is 2. The summed E-state index contributed by atoms with van der Waals surface area (Å²) in [4.78, 5) is 18.8. The fourth-order valence-electron chi connectivity index (χ4n) is 4.47. The van der Waals surface area contributed by atoms with E-state index in [1.807, 2.05) is 12.3 Å². The molecule has 0 saturated carbocycles. The Bertz CT molecular complexity index is 840. The minimum Gasteiger partial charge on any atom is -0.354 e. The van der Waals surface area contributed by atoms with Gasteiger partial charge >= 0.3 is 0 Å². The number of anilines is 3. The third kappa shape index (κ3) is 3.99. The molecule has 8 heteroatoms. The normalized spacial score (nSPS) is 20.7. The molecule has 2 aliphatic heterocycles. The molecule has 0 bridgehead atoms. The summed E-state index contributed by atoms with van der Waals surface area (Å²) >= 11 is 0. The van der Waals surface area contributed by atoms with Crippen molar-refractivity contribution in [3.05, 3.63) is 29.6 Å². The lowest BCUT2D eigenvalue weighted by molar-refractivity contribution is 0.312. The summed E-state index contributed by atoms with van der Waals surface area (Å²) in [6.45, 7) is 7.89. The topological polar surface area (TPSA) is 64.5 Å². The fraction of sp³-hybridized carbons (Fsp3) is 0.619. The van der Waals surface area contributed by atoms with Crippen molar-refractivity contribution in [2.45, 2.75) is 25.7 Å². The van der Waals surface area contributed by atoms with E-state index in [0.717, 1.165) is 82.8 Å². The van der Waals surface area contributed by atoms with Crippen LogP contribution in [0.1, 0.15) is 24.1 Å². The molecule has 2 fully saturated rings. The number of aryl methyl sites for hydroxylation is 2. The molecule has 0 radical (unpaired) electrons. The molecule has 8 nitrogen and oxygen atoms in total. The van der Waals surface area contributed by atoms with Gasteiger partial charge in [0.2, 0.25) is 5.95 Å². The number of fused-ring (bicyclic) bond motifs is 1. The van der Waals surface area contributed by atoms with Crippen LogP contribution in [0.3, 0.4) is 0 Å². The van der Waals surface area contributed by atoms with Crippen LogP contribution < -0.4 is 14.7 Å². The van der Waals surface area contributed by atoms with Crippen molar-refractivity contribution in [1.29, 1.82) is 0 Å². The molecular weight excluding hydrogens is 364 g/mol. The lowest BCUT2D eigenvalue weighted by atomic mass is 9.97. The van der Waals surface area contributed by atoms with Crippen LogP contribution in [-0.2, 0) is 12.8 Å². The van der Waals surface area contributed by atoms with Crippen LogP contribution in [0.15, 0.2) is 18.3 Å². The van der Waals surface area contributed by atoms with Gasteiger partial charge in [-0.2, -0.15) is 10.1 Å². The second kappa shape index (κ2) is 8.10. The minimum absolute atomic E-state index is 0.845. The number of nitrogens with zero attached hydrogens (tertiary/aromatic N) is 8. The molecule has 0 amide bonds. The average molecular weight is 395 g/mol. The summed E-state index contributed by atoms with van der Waals surface area (Å²) in [5.41, 5.74) is 2.60. The number of hydrogen-bond acceptors (Lipinski definition) is 8. The predicted octanol–water partition coefficient (Wildman–Crippen LogP) is 1.22. The van der Waals surface area contributed by atoms with Gasteiger partial charge < -0.3 is 19.6 Å². The number of rotatable bonds is 3. The highest BCUT2D eigenvalue weighted by molar-refractivity contribution is 5.47. The number of likely N-dealkylation sites (N-methyl/N-ethyl adjacent to an activating group) is 1. The summed E-state index contributed by atoms with van der Waals surface area (Å²) < 4.78 is 0. The van der Waals surface area contributed by atoms with Gasteiger partial charge in [-0.25, -0.2) is 4.98 Å². The van der Waals surface area contributed by atoms with Crippen LogP contribution >= 0.6 is 0 Å². The minimum atomic E-state index is 0.845. The second-order valence-electron chi connectivity index (χ2n) is 8.36. The average Bonchev–Trinajstić information content (AvgIpc) is 2.79. The van der Waals surface area contributed by atoms with E-state index in [0.29, 0.717) is 0 Å². The van der Waals surface area contributed by atoms with Crippen LogP contribution in [0.25, 0.3) is 0 Å². The molecule has 0 N–H and O–H groups in total. The lowest BCUT2D eigenvalue weighted by Gasteiger charge is -2.36. The molecule has 1 aliphatic carbocycles. The molecular formula is C21H30N8. The SMILES string of the molecule is CN1CCN(c2ccnc(N3CCN(c4cc5c(nn4)CCCC5)CC3)n2)CC1. The van der Waals surface area contributed by atoms with E-state index >= 15 is 0 Å². The quantitative estimate of drug-likeness (QED) is 0.770. The summed E-state index contributed by atoms with van der Waals surface area (Å²) in [7, 11) is 2.18. The summed E-state index contributed by atoms with van der Waals surface area (Å²) in [6, 6.07) is 4.30. The Morgan fingerprint density at radius 1 is 0.759 bits per heavy atom. The molecule has 5 rings (SSSR count). The van der Waals surface area contributed by atoms with Gasteiger partial charge in [-0.3, -0.25) is 0 Å². The van der Waals surface area contributed by atoms with Gasteiger partial charge in [-0.15, -0.1) is 5.10 Å². The van der Waals surface area contributed by atoms with E-state index in [-0.39, 0.29) is 0 Å². The summed E-state index contributed by atoms with van der Waals surface area (Å²) in [5.74, 6) is 2.92. The van der Waals surface area contributed by atoms with Gasteiger partial charge in [-0.1, -0.05) is 0 Å². The van der Waals surface area contributed by atoms with E-state index in [9.17, 15) is 0 Å². The van der Waals surface area contributed by atoms with E-state index in [2.05, 4.69) is 47.9 Å². The third-order valence-corrected chi connectivity index (χ3v) is 6.40. The maximum Gasteiger partial charge on any atom is 0.227 e. The Labute approximate surface area is 172 Å². The molecule has 0 aromatic carbocycles. The molecule has 0 spiro atoms. The van der Waals surface area contributed by atoms with Gasteiger partial charge in [0.1, 0.15) is 5.82 Å². The zero-order valence-corrected chi connectivity index (χ0v) is 17.3. The van der Waals surface area contributed by atoms with Crippen LogP contribution in [0.2, 0.25) is 0 Å². The number of hydrogen-bond donors (Lipinski definition) is 0. The molecule has 4 heterocycles. The molecule has 29 heavy (non-hydrogen) atoms. The Hall–Kier alpha value is -2.48. The first-order chi connectivity index (χ1) is 14.3. The van der Waals surface area contributed by atoms with Gasteiger partial charge in [0, 0.05) is 58.6 Å². The zero-order valence-electron chi connectivity index (χ0n) is 17.3. The number of aromatic nitrogens is 4. The molecule has 2 saturated heterocycles. The van der Waals surface area contributed by atoms with Crippen molar-refractivity contribution >= 4 is 17.6 Å². The van der Waals surface area contributed by atoms with Crippen molar-refractivity contribution < 1.29 is 0 Å². The standard InChI is InChI=1S/C21H30N8/c1-26-8-10-27(11-9-26)19-6-7-22-21(23-19)29-14-12-28(13-15-29)20-16-17-4-2-3-5-18(17)24-25-20/h6-7,16H,2-5,8-15H2,1H3. The van der Waals surface area contributed by atoms with E-state index in [4.69, 9.17) is 4.98 Å². The summed E-state index contributed by atoms with van der Waals surface area (Å²) in [6.07, 6.45) is 6.64. The molecule has 154 valence electrons. The zero-order chi connectivity index (χ0) is 19.6. The highest BCUT2D eigenvalue weighted by Crippen LogP contribution is 2.24. The van der Waals surface area contributed by atoms with E-state index in [1.165, 1.54) is 24.1 Å². The lowest BCUT2D eigenvalue weighted by Crippen LogP contribution is -2.48. The predicted molar refractivity (Wildman–Crippen MR) is 115 cm³/mol. The molecule has 3 aliphatic rings. The van der Waals surface area contributed by atoms with E-state index < -0.39 is 0 Å². The van der Waals surface area contributed by atoms with E-state index in [1.54, 1.807) is 0 Å². The molecule has 2 aromatic heterocycles. The summed E-state index contributed by atoms with van der Waals surface area (Å²) in [5, 5.41) is 9.01. The first kappa shape index (κ1) is 18.5. The maximum absolute atomic E-state index is 4.88. The van der Waals surface area contributed by atoms with Gasteiger partial charge in [-0.05, 0) is 50.4 Å². The van der Waals surface area contributed by atoms with Crippen molar-refractivity contribution in [2.24, 2.45) is 0 Å². The first-order valence-electron chi connectivity index (χ1n) is 10.9. The molecule has 2 aromatic rings. The van der Waals surface area contributed by atoms with Crippen LogP contribution in [-0.4, -0.2) is 84.5 Å². The Morgan fingerprint density at radius 2 is 1.45 bits per heavy atom. The highest BCUT2D eigenvalue weighted by atomic mass is 15.4. The van der Waals surface area contributed by atoms with Crippen LogP contribution in [0.5, 0.6) is 0 Å². The maximum atomic E-state index is 4.88. The van der Waals surface area contributed by atoms with Crippen molar-refractivity contribution in [3.63, 3.8) is 0 Å². The third-order valence-electron chi connectivity index (χ3n) is 6.40. The highest BCUT2D eigenvalue weighted by Gasteiger charge is 2.23. The van der Waals surface area contributed by atoms with Crippen molar-refractivity contribution in [3.8, 4) is 0 Å². The fourth-order valence-corrected chi connectivity index (χ4v) is 4.47. The van der Waals surface area contributed by atoms with Crippen LogP contribution in [0.4, 0.5) is 17.6 Å². The first-order valence-corrected chi connectivity index (χ1v) is 10.9. The van der Waals surface area contributed by atoms with Crippen molar-refractivity contribution in [1.82, 2.24) is 25.1 Å². The van der Waals surface area contributed by atoms with Crippen LogP contribution in [0, 0.1) is 0 Å². The second-order valence-corrected chi connectivity index (χ2v) is 8.36. The molecule has 0 unspecified atom stereocenters.